The van der Waals surface area contributed by atoms with Gasteiger partial charge in [0.1, 0.15) is 16.5 Å². The van der Waals surface area contributed by atoms with E-state index < -0.39 is 15.8 Å². The molecule has 3 rings (SSSR count). The summed E-state index contributed by atoms with van der Waals surface area (Å²) in [6, 6.07) is 12.7. The first-order chi connectivity index (χ1) is 14.4. The van der Waals surface area contributed by atoms with E-state index in [0.29, 0.717) is 23.7 Å². The summed E-state index contributed by atoms with van der Waals surface area (Å²) in [5, 5.41) is 4.76. The van der Waals surface area contributed by atoms with E-state index in [4.69, 9.17) is 0 Å². The van der Waals surface area contributed by atoms with Crippen molar-refractivity contribution in [3.63, 3.8) is 0 Å². The van der Waals surface area contributed by atoms with E-state index in [1.54, 1.807) is 49.6 Å². The van der Waals surface area contributed by atoms with Crippen molar-refractivity contribution in [3.05, 3.63) is 71.0 Å². The Bertz CT molecular complexity index is 1120. The molecule has 0 radical (unpaired) electrons. The van der Waals surface area contributed by atoms with E-state index in [1.165, 1.54) is 33.8 Å². The highest BCUT2D eigenvalue weighted by Gasteiger charge is 2.21. The van der Waals surface area contributed by atoms with E-state index in [9.17, 15) is 17.6 Å². The quantitative estimate of drug-likeness (QED) is 0.568. The zero-order chi connectivity index (χ0) is 21.7. The largest absolute Gasteiger partial charge is 0.347 e. The first-order valence-corrected chi connectivity index (χ1v) is 11.8. The Morgan fingerprint density at radius 1 is 1.10 bits per heavy atom. The second kappa shape index (κ2) is 9.46. The van der Waals surface area contributed by atoms with Gasteiger partial charge in [-0.25, -0.2) is 17.8 Å². The second-order valence-electron chi connectivity index (χ2n) is 6.43. The van der Waals surface area contributed by atoms with Gasteiger partial charge in [-0.2, -0.15) is 4.31 Å². The van der Waals surface area contributed by atoms with Crippen molar-refractivity contribution in [1.29, 1.82) is 0 Å². The molecule has 0 bridgehead atoms. The van der Waals surface area contributed by atoms with Crippen LogP contribution in [0.15, 0.2) is 58.8 Å². The number of thiazole rings is 1. The standard InChI is InChI=1S/C21H22FN3O3S2/c1-3-25(4-2)30(27,28)16-11-9-15(10-12-16)13-23-20(26)19-14-29-21(24-19)17-7-5-6-8-18(17)22/h5-12,14H,3-4,13H2,1-2H3,(H,23,26). The van der Waals surface area contributed by atoms with E-state index in [2.05, 4.69) is 10.3 Å². The number of nitrogens with one attached hydrogen (secondary N) is 1. The number of rotatable bonds is 8. The average molecular weight is 448 g/mol. The Labute approximate surface area is 179 Å². The monoisotopic (exact) mass is 447 g/mol. The third kappa shape index (κ3) is 4.75. The Morgan fingerprint density at radius 3 is 2.40 bits per heavy atom. The van der Waals surface area contributed by atoms with Gasteiger partial charge in [-0.1, -0.05) is 38.1 Å². The number of aromatic nitrogens is 1. The van der Waals surface area contributed by atoms with Gasteiger partial charge in [0.05, 0.1) is 4.90 Å². The van der Waals surface area contributed by atoms with Gasteiger partial charge in [0, 0.05) is 30.6 Å². The van der Waals surface area contributed by atoms with Crippen molar-refractivity contribution < 1.29 is 17.6 Å². The summed E-state index contributed by atoms with van der Waals surface area (Å²) < 4.78 is 40.3. The maximum atomic E-state index is 13.9. The lowest BCUT2D eigenvalue weighted by Gasteiger charge is -2.18. The van der Waals surface area contributed by atoms with Crippen molar-refractivity contribution in [2.75, 3.05) is 13.1 Å². The van der Waals surface area contributed by atoms with Crippen LogP contribution in [0.1, 0.15) is 29.9 Å². The van der Waals surface area contributed by atoms with Crippen LogP contribution in [0.25, 0.3) is 10.6 Å². The maximum absolute atomic E-state index is 13.9. The van der Waals surface area contributed by atoms with Crippen molar-refractivity contribution >= 4 is 27.3 Å². The Balaban J connectivity index is 1.65. The summed E-state index contributed by atoms with van der Waals surface area (Å²) in [5.41, 5.74) is 1.32. The number of hydrogen-bond donors (Lipinski definition) is 1. The minimum atomic E-state index is -3.51. The summed E-state index contributed by atoms with van der Waals surface area (Å²) >= 11 is 1.20. The number of amides is 1. The summed E-state index contributed by atoms with van der Waals surface area (Å²) in [6.07, 6.45) is 0. The average Bonchev–Trinajstić information content (AvgIpc) is 3.23. The molecule has 0 fully saturated rings. The summed E-state index contributed by atoms with van der Waals surface area (Å²) in [4.78, 5) is 16.8. The summed E-state index contributed by atoms with van der Waals surface area (Å²) in [6.45, 7) is 4.61. The van der Waals surface area contributed by atoms with E-state index in [0.717, 1.165) is 5.56 Å². The molecule has 30 heavy (non-hydrogen) atoms. The van der Waals surface area contributed by atoms with Crippen LogP contribution in [0, 0.1) is 5.82 Å². The van der Waals surface area contributed by atoms with Crippen LogP contribution in [0.2, 0.25) is 0 Å². The molecule has 6 nitrogen and oxygen atoms in total. The van der Waals surface area contributed by atoms with Gasteiger partial charge >= 0.3 is 0 Å². The molecule has 9 heteroatoms. The molecular formula is C21H22FN3O3S2. The van der Waals surface area contributed by atoms with Gasteiger partial charge in [0.25, 0.3) is 5.91 Å². The fraction of sp³-hybridized carbons (Fsp3) is 0.238. The molecule has 0 aliphatic heterocycles. The number of halogens is 1. The molecule has 0 atom stereocenters. The third-order valence-electron chi connectivity index (χ3n) is 4.56. The molecule has 3 aromatic rings. The van der Waals surface area contributed by atoms with Crippen molar-refractivity contribution in [2.45, 2.75) is 25.3 Å². The fourth-order valence-electron chi connectivity index (χ4n) is 2.90. The summed E-state index contributed by atoms with van der Waals surface area (Å²) in [5.74, 6) is -0.771. The number of nitrogens with zero attached hydrogens (tertiary/aromatic N) is 2. The van der Waals surface area contributed by atoms with Gasteiger partial charge in [0.2, 0.25) is 10.0 Å². The van der Waals surface area contributed by atoms with Crippen molar-refractivity contribution in [1.82, 2.24) is 14.6 Å². The van der Waals surface area contributed by atoms with Crippen LogP contribution >= 0.6 is 11.3 Å². The Kier molecular flexibility index (Phi) is 6.96. The Hall–Kier alpha value is -2.62. The van der Waals surface area contributed by atoms with E-state index >= 15 is 0 Å². The number of hydrogen-bond acceptors (Lipinski definition) is 5. The van der Waals surface area contributed by atoms with Crippen molar-refractivity contribution in [3.8, 4) is 10.6 Å². The molecule has 1 heterocycles. The minimum absolute atomic E-state index is 0.207. The highest BCUT2D eigenvalue weighted by atomic mass is 32.2. The molecule has 0 spiro atoms. The van der Waals surface area contributed by atoms with Crippen LogP contribution in [0.5, 0.6) is 0 Å². The van der Waals surface area contributed by atoms with Gasteiger partial charge in [-0.05, 0) is 29.8 Å². The first kappa shape index (κ1) is 22.1. The highest BCUT2D eigenvalue weighted by Crippen LogP contribution is 2.26. The number of carbonyl (C=O) groups excluding carboxylic acids is 1. The van der Waals surface area contributed by atoms with E-state index in [1.807, 2.05) is 0 Å². The summed E-state index contributed by atoms with van der Waals surface area (Å²) in [7, 11) is -3.51. The molecular weight excluding hydrogens is 425 g/mol. The smallest absolute Gasteiger partial charge is 0.271 e. The lowest BCUT2D eigenvalue weighted by atomic mass is 10.2. The molecule has 0 aliphatic carbocycles. The van der Waals surface area contributed by atoms with Crippen LogP contribution in [0.4, 0.5) is 4.39 Å². The molecule has 0 saturated carbocycles. The fourth-order valence-corrected chi connectivity index (χ4v) is 5.19. The molecule has 2 aromatic carbocycles. The third-order valence-corrected chi connectivity index (χ3v) is 7.50. The number of carbonyl (C=O) groups is 1. The molecule has 158 valence electrons. The van der Waals surface area contributed by atoms with Gasteiger partial charge in [-0.15, -0.1) is 11.3 Å². The van der Waals surface area contributed by atoms with Gasteiger partial charge in [0.15, 0.2) is 0 Å². The maximum Gasteiger partial charge on any atom is 0.271 e. The number of benzene rings is 2. The first-order valence-electron chi connectivity index (χ1n) is 9.44. The molecule has 0 saturated heterocycles. The topological polar surface area (TPSA) is 79.4 Å². The van der Waals surface area contributed by atoms with Crippen LogP contribution < -0.4 is 5.32 Å². The van der Waals surface area contributed by atoms with Gasteiger partial charge in [-0.3, -0.25) is 4.79 Å². The van der Waals surface area contributed by atoms with E-state index in [-0.39, 0.29) is 23.0 Å². The SMILES string of the molecule is CCN(CC)S(=O)(=O)c1ccc(CNC(=O)c2csc(-c3ccccc3F)n2)cc1. The zero-order valence-electron chi connectivity index (χ0n) is 16.6. The molecule has 0 unspecified atom stereocenters. The molecule has 1 aromatic heterocycles. The zero-order valence-corrected chi connectivity index (χ0v) is 18.3. The molecule has 1 N–H and O–H groups in total. The predicted molar refractivity (Wildman–Crippen MR) is 115 cm³/mol. The normalized spacial score (nSPS) is 11.6. The predicted octanol–water partition coefficient (Wildman–Crippen LogP) is 3.91. The number of sulfonamides is 1. The van der Waals surface area contributed by atoms with Gasteiger partial charge < -0.3 is 5.32 Å². The minimum Gasteiger partial charge on any atom is -0.347 e. The van der Waals surface area contributed by atoms with Crippen LogP contribution in [0.3, 0.4) is 0 Å². The van der Waals surface area contributed by atoms with Crippen molar-refractivity contribution in [2.24, 2.45) is 0 Å². The lowest BCUT2D eigenvalue weighted by molar-refractivity contribution is 0.0946. The lowest BCUT2D eigenvalue weighted by Crippen LogP contribution is -2.30. The Morgan fingerprint density at radius 2 is 1.77 bits per heavy atom. The highest BCUT2D eigenvalue weighted by molar-refractivity contribution is 7.89. The van der Waals surface area contributed by atoms with Crippen LogP contribution in [-0.4, -0.2) is 36.7 Å². The molecule has 0 aliphatic rings. The molecule has 1 amide bonds. The second-order valence-corrected chi connectivity index (χ2v) is 9.23. The van der Waals surface area contributed by atoms with Crippen LogP contribution in [-0.2, 0) is 16.6 Å².